The van der Waals surface area contributed by atoms with E-state index in [0.717, 1.165) is 32.1 Å². The number of aliphatic hydroxyl groups excluding tert-OH is 1. The lowest BCUT2D eigenvalue weighted by molar-refractivity contribution is -0.343. The van der Waals surface area contributed by atoms with Gasteiger partial charge in [0.05, 0.1) is 18.8 Å². The van der Waals surface area contributed by atoms with Crippen molar-refractivity contribution in [3.63, 3.8) is 0 Å². The number of rotatable bonds is 4. The summed E-state index contributed by atoms with van der Waals surface area (Å²) in [5.41, 5.74) is 0.357. The van der Waals surface area contributed by atoms with Gasteiger partial charge < -0.3 is 5.11 Å². The van der Waals surface area contributed by atoms with E-state index in [1.54, 1.807) is 0 Å². The van der Waals surface area contributed by atoms with Crippen molar-refractivity contribution < 1.29 is 14.9 Å². The first-order valence-electron chi connectivity index (χ1n) is 7.92. The predicted molar refractivity (Wildman–Crippen MR) is 75.6 cm³/mol. The van der Waals surface area contributed by atoms with Crippen molar-refractivity contribution in [1.29, 1.82) is 0 Å². The van der Waals surface area contributed by atoms with Gasteiger partial charge in [0.2, 0.25) is 0 Å². The molecule has 0 heterocycles. The highest BCUT2D eigenvalue weighted by Crippen LogP contribution is 2.39. The summed E-state index contributed by atoms with van der Waals surface area (Å²) in [6.07, 6.45) is 7.80. The Morgan fingerprint density at radius 3 is 2.58 bits per heavy atom. The molecule has 0 spiro atoms. The average molecular weight is 270 g/mol. The monoisotopic (exact) mass is 270 g/mol. The highest BCUT2D eigenvalue weighted by Gasteiger charge is 2.33. The fraction of sp³-hybridized carbons (Fsp3) is 1.00. The zero-order chi connectivity index (χ0) is 13.9. The van der Waals surface area contributed by atoms with Crippen LogP contribution in [0.4, 0.5) is 0 Å². The van der Waals surface area contributed by atoms with Gasteiger partial charge in [-0.05, 0) is 43.4 Å². The van der Waals surface area contributed by atoms with Gasteiger partial charge in [0, 0.05) is 5.92 Å². The summed E-state index contributed by atoms with van der Waals surface area (Å²) in [4.78, 5) is 11.1. The standard InChI is InChI=1S/C16H30O3/c1-12-8-14(10-16(2,3)9-12)19-18-11-13-6-4-5-7-15(13)17/h12-15,17H,4-11H2,1-3H3. The van der Waals surface area contributed by atoms with Crippen LogP contribution in [0.2, 0.25) is 0 Å². The molecular weight excluding hydrogens is 240 g/mol. The lowest BCUT2D eigenvalue weighted by atomic mass is 9.71. The molecule has 19 heavy (non-hydrogen) atoms. The SMILES string of the molecule is CC1CC(OOCC2CCCCC2O)CC(C)(C)C1. The smallest absolute Gasteiger partial charge is 0.0937 e. The second-order valence-electron chi connectivity index (χ2n) is 7.53. The number of hydrogen-bond acceptors (Lipinski definition) is 3. The fourth-order valence-corrected chi connectivity index (χ4v) is 3.94. The third-order valence-electron chi connectivity index (χ3n) is 4.70. The Hall–Kier alpha value is -0.120. The van der Waals surface area contributed by atoms with Crippen molar-refractivity contribution in [2.24, 2.45) is 17.3 Å². The minimum Gasteiger partial charge on any atom is -0.393 e. The molecule has 0 radical (unpaired) electrons. The van der Waals surface area contributed by atoms with Crippen LogP contribution in [0.5, 0.6) is 0 Å². The van der Waals surface area contributed by atoms with Crippen LogP contribution >= 0.6 is 0 Å². The maximum Gasteiger partial charge on any atom is 0.0937 e. The van der Waals surface area contributed by atoms with E-state index in [-0.39, 0.29) is 18.1 Å². The summed E-state index contributed by atoms with van der Waals surface area (Å²) in [5.74, 6) is 0.973. The molecule has 0 saturated heterocycles. The van der Waals surface area contributed by atoms with Crippen LogP contribution in [0.15, 0.2) is 0 Å². The molecule has 3 heteroatoms. The largest absolute Gasteiger partial charge is 0.393 e. The molecule has 0 aromatic carbocycles. The molecule has 4 unspecified atom stereocenters. The molecule has 2 aliphatic carbocycles. The van der Waals surface area contributed by atoms with Gasteiger partial charge in [-0.1, -0.05) is 33.6 Å². The van der Waals surface area contributed by atoms with Gasteiger partial charge in [-0.25, -0.2) is 9.78 Å². The second kappa shape index (κ2) is 6.55. The molecule has 2 aliphatic rings. The quantitative estimate of drug-likeness (QED) is 0.625. The van der Waals surface area contributed by atoms with Crippen LogP contribution in [0, 0.1) is 17.3 Å². The molecule has 112 valence electrons. The molecule has 2 saturated carbocycles. The van der Waals surface area contributed by atoms with E-state index in [4.69, 9.17) is 9.78 Å². The zero-order valence-electron chi connectivity index (χ0n) is 12.7. The van der Waals surface area contributed by atoms with E-state index in [1.165, 1.54) is 12.8 Å². The predicted octanol–water partition coefficient (Wildman–Crippen LogP) is 3.70. The summed E-state index contributed by atoms with van der Waals surface area (Å²) < 4.78 is 0. The van der Waals surface area contributed by atoms with E-state index >= 15 is 0 Å². The van der Waals surface area contributed by atoms with Gasteiger partial charge in [-0.15, -0.1) is 0 Å². The molecule has 4 atom stereocenters. The summed E-state index contributed by atoms with van der Waals surface area (Å²) in [7, 11) is 0. The Balaban J connectivity index is 1.70. The Morgan fingerprint density at radius 1 is 1.16 bits per heavy atom. The number of aliphatic hydroxyl groups is 1. The van der Waals surface area contributed by atoms with Crippen molar-refractivity contribution in [1.82, 2.24) is 0 Å². The van der Waals surface area contributed by atoms with Gasteiger partial charge in [0.1, 0.15) is 0 Å². The first-order chi connectivity index (χ1) is 8.96. The summed E-state index contributed by atoms with van der Waals surface area (Å²) in [6, 6.07) is 0. The normalized spacial score (nSPS) is 39.2. The molecule has 0 amide bonds. The van der Waals surface area contributed by atoms with Crippen molar-refractivity contribution in [2.45, 2.75) is 77.9 Å². The summed E-state index contributed by atoms with van der Waals surface area (Å²) in [5, 5.41) is 9.90. The Labute approximate surface area is 117 Å². The minimum absolute atomic E-state index is 0.195. The van der Waals surface area contributed by atoms with Crippen LogP contribution in [0.25, 0.3) is 0 Å². The topological polar surface area (TPSA) is 38.7 Å². The Bertz CT molecular complexity index is 277. The van der Waals surface area contributed by atoms with Crippen molar-refractivity contribution in [3.05, 3.63) is 0 Å². The molecule has 2 rings (SSSR count). The highest BCUT2D eigenvalue weighted by molar-refractivity contribution is 4.83. The van der Waals surface area contributed by atoms with Gasteiger partial charge in [-0.2, -0.15) is 0 Å². The third-order valence-corrected chi connectivity index (χ3v) is 4.70. The minimum atomic E-state index is -0.195. The molecule has 0 aliphatic heterocycles. The summed E-state index contributed by atoms with van der Waals surface area (Å²) >= 11 is 0. The van der Waals surface area contributed by atoms with Crippen molar-refractivity contribution in [3.8, 4) is 0 Å². The van der Waals surface area contributed by atoms with Gasteiger partial charge in [-0.3, -0.25) is 0 Å². The van der Waals surface area contributed by atoms with Crippen molar-refractivity contribution in [2.75, 3.05) is 6.61 Å². The second-order valence-corrected chi connectivity index (χ2v) is 7.53. The van der Waals surface area contributed by atoms with Crippen molar-refractivity contribution >= 4 is 0 Å². The average Bonchev–Trinajstić information content (AvgIpc) is 2.29. The zero-order valence-corrected chi connectivity index (χ0v) is 12.7. The van der Waals surface area contributed by atoms with Gasteiger partial charge >= 0.3 is 0 Å². The van der Waals surface area contributed by atoms with Crippen LogP contribution in [0.3, 0.4) is 0 Å². The Morgan fingerprint density at radius 2 is 1.89 bits per heavy atom. The van der Waals surface area contributed by atoms with Gasteiger partial charge in [0.15, 0.2) is 0 Å². The maximum absolute atomic E-state index is 9.90. The molecule has 1 N–H and O–H groups in total. The van der Waals surface area contributed by atoms with Crippen LogP contribution in [-0.2, 0) is 9.78 Å². The van der Waals surface area contributed by atoms with E-state index in [1.807, 2.05) is 0 Å². The molecule has 2 fully saturated rings. The van der Waals surface area contributed by atoms with Crippen LogP contribution in [0.1, 0.15) is 65.7 Å². The summed E-state index contributed by atoms with van der Waals surface area (Å²) in [6.45, 7) is 7.46. The molecule has 0 aromatic heterocycles. The first-order valence-corrected chi connectivity index (χ1v) is 7.92. The first kappa shape index (κ1) is 15.3. The molecule has 0 bridgehead atoms. The van der Waals surface area contributed by atoms with E-state index < -0.39 is 0 Å². The van der Waals surface area contributed by atoms with E-state index in [0.29, 0.717) is 17.9 Å². The third kappa shape index (κ3) is 4.73. The molecule has 0 aromatic rings. The lowest BCUT2D eigenvalue weighted by Gasteiger charge is -2.38. The van der Waals surface area contributed by atoms with E-state index in [9.17, 15) is 5.11 Å². The Kier molecular flexibility index (Phi) is 5.27. The van der Waals surface area contributed by atoms with Gasteiger partial charge in [0.25, 0.3) is 0 Å². The fourth-order valence-electron chi connectivity index (χ4n) is 3.94. The number of hydrogen-bond donors (Lipinski definition) is 1. The molecular formula is C16H30O3. The highest BCUT2D eigenvalue weighted by atomic mass is 17.2. The van der Waals surface area contributed by atoms with E-state index in [2.05, 4.69) is 20.8 Å². The lowest BCUT2D eigenvalue weighted by Crippen LogP contribution is -2.34. The molecule has 3 nitrogen and oxygen atoms in total. The van der Waals surface area contributed by atoms with Crippen LogP contribution in [-0.4, -0.2) is 23.9 Å². The maximum atomic E-state index is 9.90. The van der Waals surface area contributed by atoms with Crippen LogP contribution < -0.4 is 0 Å².